The Morgan fingerprint density at radius 3 is 2.81 bits per heavy atom. The Morgan fingerprint density at radius 2 is 2.14 bits per heavy atom. The molecular formula is C15H17N3O3. The summed E-state index contributed by atoms with van der Waals surface area (Å²) in [5.74, 6) is -0.241. The highest BCUT2D eigenvalue weighted by Crippen LogP contribution is 2.26. The molecule has 1 unspecified atom stereocenters. The number of aromatic nitrogens is 1. The van der Waals surface area contributed by atoms with Gasteiger partial charge in [-0.2, -0.15) is 0 Å². The van der Waals surface area contributed by atoms with E-state index in [2.05, 4.69) is 10.3 Å². The average molecular weight is 287 g/mol. The molecule has 0 aliphatic rings. The molecule has 0 aliphatic carbocycles. The maximum Gasteiger partial charge on any atom is 0.404 e. The molecule has 1 aromatic carbocycles. The fraction of sp³-hybridized carbons (Fsp3) is 0.267. The Morgan fingerprint density at radius 1 is 1.38 bits per heavy atom. The van der Waals surface area contributed by atoms with Gasteiger partial charge in [-0.05, 0) is 11.6 Å². The first kappa shape index (κ1) is 14.8. The van der Waals surface area contributed by atoms with Crippen LogP contribution in [0.2, 0.25) is 0 Å². The summed E-state index contributed by atoms with van der Waals surface area (Å²) in [6.45, 7) is 2.08. The number of fused-ring (bicyclic) bond motifs is 1. The number of rotatable bonds is 4. The van der Waals surface area contributed by atoms with Crippen LogP contribution >= 0.6 is 0 Å². The molecule has 0 saturated carbocycles. The zero-order valence-electron chi connectivity index (χ0n) is 11.9. The van der Waals surface area contributed by atoms with Gasteiger partial charge in [-0.15, -0.1) is 0 Å². The number of carbonyl (C=O) groups is 2. The lowest BCUT2D eigenvalue weighted by molar-refractivity contribution is 0.0964. The van der Waals surface area contributed by atoms with Gasteiger partial charge in [0.05, 0.1) is 17.7 Å². The van der Waals surface area contributed by atoms with Crippen molar-refractivity contribution in [3.05, 3.63) is 41.6 Å². The van der Waals surface area contributed by atoms with Gasteiger partial charge >= 0.3 is 6.09 Å². The number of carbonyl (C=O) groups excluding carboxylic acids is 2. The summed E-state index contributed by atoms with van der Waals surface area (Å²) in [7, 11) is 1.59. The molecule has 0 bridgehead atoms. The molecule has 1 atom stereocenters. The molecule has 1 heterocycles. The average Bonchev–Trinajstić information content (AvgIpc) is 2.50. The highest BCUT2D eigenvalue weighted by molar-refractivity contribution is 6.06. The maximum atomic E-state index is 11.9. The van der Waals surface area contributed by atoms with E-state index in [9.17, 15) is 9.59 Å². The molecule has 6 heteroatoms. The van der Waals surface area contributed by atoms with Crippen LogP contribution in [0.1, 0.15) is 28.8 Å². The smallest absolute Gasteiger partial charge is 0.404 e. The number of nitrogens with zero attached hydrogens (tertiary/aromatic N) is 1. The fourth-order valence-corrected chi connectivity index (χ4v) is 2.23. The van der Waals surface area contributed by atoms with Crippen LogP contribution in [0.4, 0.5) is 4.79 Å². The van der Waals surface area contributed by atoms with Gasteiger partial charge in [0, 0.05) is 24.5 Å². The molecule has 110 valence electrons. The van der Waals surface area contributed by atoms with Crippen LogP contribution in [0.25, 0.3) is 10.9 Å². The van der Waals surface area contributed by atoms with E-state index in [1.807, 2.05) is 25.1 Å². The van der Waals surface area contributed by atoms with Gasteiger partial charge in [0.25, 0.3) is 5.91 Å². The van der Waals surface area contributed by atoms with E-state index in [-0.39, 0.29) is 18.4 Å². The molecule has 1 aromatic heterocycles. The Hall–Kier alpha value is -2.63. The minimum atomic E-state index is -0.805. The summed E-state index contributed by atoms with van der Waals surface area (Å²) >= 11 is 0. The molecule has 2 amide bonds. The predicted octanol–water partition coefficient (Wildman–Crippen LogP) is 1.79. The second kappa shape index (κ2) is 6.21. The summed E-state index contributed by atoms with van der Waals surface area (Å²) in [6.07, 6.45) is 0.791. The third kappa shape index (κ3) is 3.10. The number of benzene rings is 1. The van der Waals surface area contributed by atoms with Gasteiger partial charge in [-0.25, -0.2) is 4.79 Å². The van der Waals surface area contributed by atoms with Gasteiger partial charge in [0.15, 0.2) is 0 Å². The number of ether oxygens (including phenoxy) is 1. The summed E-state index contributed by atoms with van der Waals surface area (Å²) < 4.78 is 4.84. The summed E-state index contributed by atoms with van der Waals surface area (Å²) in [4.78, 5) is 27.0. The predicted molar refractivity (Wildman–Crippen MR) is 79.1 cm³/mol. The molecule has 21 heavy (non-hydrogen) atoms. The third-order valence-electron chi connectivity index (χ3n) is 3.28. The highest BCUT2D eigenvalue weighted by atomic mass is 16.5. The van der Waals surface area contributed by atoms with Gasteiger partial charge in [0.1, 0.15) is 0 Å². The minimum Gasteiger partial charge on any atom is -0.449 e. The van der Waals surface area contributed by atoms with E-state index in [1.54, 1.807) is 19.3 Å². The van der Waals surface area contributed by atoms with Gasteiger partial charge in [-0.1, -0.05) is 25.1 Å². The summed E-state index contributed by atoms with van der Waals surface area (Å²) in [5, 5.41) is 3.37. The quantitative estimate of drug-likeness (QED) is 0.896. The number of nitrogens with one attached hydrogen (secondary N) is 1. The van der Waals surface area contributed by atoms with Crippen molar-refractivity contribution >= 4 is 22.9 Å². The number of nitrogens with two attached hydrogens (primary N) is 1. The van der Waals surface area contributed by atoms with E-state index in [0.29, 0.717) is 5.56 Å². The van der Waals surface area contributed by atoms with Gasteiger partial charge in [-0.3, -0.25) is 9.78 Å². The largest absolute Gasteiger partial charge is 0.449 e. The van der Waals surface area contributed by atoms with Crippen LogP contribution in [0.15, 0.2) is 30.5 Å². The Bertz CT molecular complexity index is 685. The Kier molecular flexibility index (Phi) is 4.37. The molecule has 6 nitrogen and oxygen atoms in total. The number of pyridine rings is 1. The first-order chi connectivity index (χ1) is 10.0. The standard InChI is InChI=1S/C15H17N3O3/c1-9(8-21-15(16)20)10-4-3-5-11-12(14(19)17-2)6-7-18-13(10)11/h3-7,9H,8H2,1-2H3,(H2,16,20)(H,17,19). The van der Waals surface area contributed by atoms with Crippen molar-refractivity contribution in [1.82, 2.24) is 10.3 Å². The van der Waals surface area contributed by atoms with E-state index < -0.39 is 6.09 Å². The number of hydrogen-bond acceptors (Lipinski definition) is 4. The Labute approximate surface area is 122 Å². The lowest BCUT2D eigenvalue weighted by Crippen LogP contribution is -2.19. The number of amides is 2. The van der Waals surface area contributed by atoms with Crippen molar-refractivity contribution < 1.29 is 14.3 Å². The second-order valence-electron chi connectivity index (χ2n) is 4.71. The van der Waals surface area contributed by atoms with Gasteiger partial charge in [0.2, 0.25) is 0 Å². The zero-order valence-corrected chi connectivity index (χ0v) is 11.9. The van der Waals surface area contributed by atoms with Gasteiger partial charge < -0.3 is 15.8 Å². The highest BCUT2D eigenvalue weighted by Gasteiger charge is 2.15. The number of hydrogen-bond donors (Lipinski definition) is 2. The Balaban J connectivity index is 2.46. The molecule has 0 aliphatic heterocycles. The normalized spacial score (nSPS) is 11.9. The third-order valence-corrected chi connectivity index (χ3v) is 3.28. The van der Waals surface area contributed by atoms with Crippen molar-refractivity contribution in [3.63, 3.8) is 0 Å². The van der Waals surface area contributed by atoms with E-state index >= 15 is 0 Å². The van der Waals surface area contributed by atoms with Crippen LogP contribution < -0.4 is 11.1 Å². The maximum absolute atomic E-state index is 11.9. The van der Waals surface area contributed by atoms with Crippen molar-refractivity contribution in [1.29, 1.82) is 0 Å². The van der Waals surface area contributed by atoms with Crippen LogP contribution in [0.3, 0.4) is 0 Å². The van der Waals surface area contributed by atoms with Crippen molar-refractivity contribution in [2.75, 3.05) is 13.7 Å². The van der Waals surface area contributed by atoms with Crippen LogP contribution in [-0.2, 0) is 4.74 Å². The van der Waals surface area contributed by atoms with Crippen LogP contribution in [-0.4, -0.2) is 30.6 Å². The monoisotopic (exact) mass is 287 g/mol. The summed E-state index contributed by atoms with van der Waals surface area (Å²) in [6, 6.07) is 7.28. The number of primary amides is 1. The molecule has 3 N–H and O–H groups in total. The van der Waals surface area contributed by atoms with Crippen LogP contribution in [0, 0.1) is 0 Å². The topological polar surface area (TPSA) is 94.3 Å². The first-order valence-electron chi connectivity index (χ1n) is 6.56. The summed E-state index contributed by atoms with van der Waals surface area (Å²) in [5.41, 5.74) is 7.17. The molecule has 0 saturated heterocycles. The lowest BCUT2D eigenvalue weighted by Gasteiger charge is -2.14. The molecule has 2 rings (SSSR count). The molecule has 0 spiro atoms. The van der Waals surface area contributed by atoms with Crippen LogP contribution in [0.5, 0.6) is 0 Å². The van der Waals surface area contributed by atoms with E-state index in [0.717, 1.165) is 16.5 Å². The molecule has 0 radical (unpaired) electrons. The molecule has 0 fully saturated rings. The molecular weight excluding hydrogens is 270 g/mol. The lowest BCUT2D eigenvalue weighted by atomic mass is 9.96. The van der Waals surface area contributed by atoms with Crippen molar-refractivity contribution in [2.24, 2.45) is 5.73 Å². The van der Waals surface area contributed by atoms with Crippen molar-refractivity contribution in [2.45, 2.75) is 12.8 Å². The zero-order chi connectivity index (χ0) is 15.4. The van der Waals surface area contributed by atoms with E-state index in [1.165, 1.54) is 0 Å². The van der Waals surface area contributed by atoms with E-state index in [4.69, 9.17) is 10.5 Å². The molecule has 2 aromatic rings. The number of para-hydroxylation sites is 1. The SMILES string of the molecule is CNC(=O)c1ccnc2c(C(C)COC(N)=O)cccc12. The second-order valence-corrected chi connectivity index (χ2v) is 4.71. The van der Waals surface area contributed by atoms with Crippen molar-refractivity contribution in [3.8, 4) is 0 Å². The first-order valence-corrected chi connectivity index (χ1v) is 6.56. The minimum absolute atomic E-state index is 0.0753. The fourth-order valence-electron chi connectivity index (χ4n) is 2.23.